The average molecular weight is 402 g/mol. The molecule has 2 amide bonds. The van der Waals surface area contributed by atoms with Crippen LogP contribution in [0.4, 0.5) is 15.5 Å². The van der Waals surface area contributed by atoms with Crippen molar-refractivity contribution in [3.63, 3.8) is 0 Å². The smallest absolute Gasteiger partial charge is 0.410 e. The number of amides is 2. The highest BCUT2D eigenvalue weighted by Gasteiger charge is 2.34. The summed E-state index contributed by atoms with van der Waals surface area (Å²) in [5.41, 5.74) is 2.32. The summed E-state index contributed by atoms with van der Waals surface area (Å²) in [6, 6.07) is 6.07. The summed E-state index contributed by atoms with van der Waals surface area (Å²) >= 11 is 1.46. The lowest BCUT2D eigenvalue weighted by molar-refractivity contribution is -0.384. The SMILES string of the molecule is CCOC(=O)N1CCc2c(sc3c2C(=O)NC(c2ccc([N+](=O)[O-])cc2)N3)C1. The van der Waals surface area contributed by atoms with Gasteiger partial charge in [-0.3, -0.25) is 14.9 Å². The highest BCUT2D eigenvalue weighted by molar-refractivity contribution is 7.16. The molecule has 1 unspecified atom stereocenters. The molecule has 3 heterocycles. The molecule has 1 aromatic carbocycles. The number of fused-ring (bicyclic) bond motifs is 3. The third kappa shape index (κ3) is 3.15. The lowest BCUT2D eigenvalue weighted by Gasteiger charge is -2.28. The Morgan fingerprint density at radius 3 is 2.79 bits per heavy atom. The maximum atomic E-state index is 12.7. The van der Waals surface area contributed by atoms with Crippen molar-refractivity contribution in [2.24, 2.45) is 0 Å². The van der Waals surface area contributed by atoms with Gasteiger partial charge in [-0.15, -0.1) is 11.3 Å². The second-order valence-electron chi connectivity index (χ2n) is 6.48. The fraction of sp³-hybridized carbons (Fsp3) is 0.333. The van der Waals surface area contributed by atoms with Crippen molar-refractivity contribution in [1.82, 2.24) is 10.2 Å². The first-order chi connectivity index (χ1) is 13.5. The number of nitrogens with zero attached hydrogens (tertiary/aromatic N) is 2. The number of nitrogens with one attached hydrogen (secondary N) is 2. The molecule has 0 bridgehead atoms. The number of rotatable bonds is 3. The van der Waals surface area contributed by atoms with Crippen LogP contribution in [0.5, 0.6) is 0 Å². The lowest BCUT2D eigenvalue weighted by Crippen LogP contribution is -2.39. The van der Waals surface area contributed by atoms with Gasteiger partial charge in [0.1, 0.15) is 11.2 Å². The molecule has 2 aliphatic heterocycles. The van der Waals surface area contributed by atoms with Crippen molar-refractivity contribution in [3.05, 3.63) is 55.9 Å². The zero-order valence-electron chi connectivity index (χ0n) is 15.1. The van der Waals surface area contributed by atoms with E-state index in [1.54, 1.807) is 24.0 Å². The van der Waals surface area contributed by atoms with Crippen LogP contribution >= 0.6 is 11.3 Å². The fourth-order valence-electron chi connectivity index (χ4n) is 3.44. The molecule has 0 saturated carbocycles. The van der Waals surface area contributed by atoms with Crippen LogP contribution in [0.15, 0.2) is 24.3 Å². The number of anilines is 1. The Hall–Kier alpha value is -3.14. The van der Waals surface area contributed by atoms with E-state index < -0.39 is 11.1 Å². The predicted molar refractivity (Wildman–Crippen MR) is 102 cm³/mol. The molecular formula is C18H18N4O5S. The first-order valence-electron chi connectivity index (χ1n) is 8.86. The number of carbonyl (C=O) groups is 2. The Bertz CT molecular complexity index is 956. The van der Waals surface area contributed by atoms with Crippen molar-refractivity contribution in [1.29, 1.82) is 0 Å². The molecule has 146 valence electrons. The van der Waals surface area contributed by atoms with Gasteiger partial charge in [0.15, 0.2) is 0 Å². The molecule has 9 nitrogen and oxygen atoms in total. The number of nitro groups is 1. The molecule has 0 saturated heterocycles. The van der Waals surface area contributed by atoms with E-state index in [0.717, 1.165) is 21.0 Å². The summed E-state index contributed by atoms with van der Waals surface area (Å²) in [5.74, 6) is -0.181. The van der Waals surface area contributed by atoms with E-state index >= 15 is 0 Å². The Labute approximate surface area is 164 Å². The second-order valence-corrected chi connectivity index (χ2v) is 7.58. The van der Waals surface area contributed by atoms with Crippen molar-refractivity contribution >= 4 is 34.0 Å². The van der Waals surface area contributed by atoms with Crippen LogP contribution in [-0.4, -0.2) is 35.0 Å². The van der Waals surface area contributed by atoms with Gasteiger partial charge in [-0.2, -0.15) is 0 Å². The van der Waals surface area contributed by atoms with E-state index in [1.165, 1.54) is 23.5 Å². The normalized spacial score (nSPS) is 17.8. The van der Waals surface area contributed by atoms with Gasteiger partial charge in [0.05, 0.1) is 23.6 Å². The molecule has 0 aliphatic carbocycles. The lowest BCUT2D eigenvalue weighted by atomic mass is 10.0. The molecule has 28 heavy (non-hydrogen) atoms. The number of benzene rings is 1. The number of hydrogen-bond acceptors (Lipinski definition) is 7. The monoisotopic (exact) mass is 402 g/mol. The van der Waals surface area contributed by atoms with Gasteiger partial charge < -0.3 is 20.3 Å². The number of carbonyl (C=O) groups excluding carboxylic acids is 2. The Kier molecular flexibility index (Phi) is 4.63. The molecule has 2 aromatic rings. The molecular weight excluding hydrogens is 384 g/mol. The molecule has 0 radical (unpaired) electrons. The van der Waals surface area contributed by atoms with Crippen LogP contribution in [0.3, 0.4) is 0 Å². The Morgan fingerprint density at radius 2 is 2.11 bits per heavy atom. The maximum Gasteiger partial charge on any atom is 0.410 e. The van der Waals surface area contributed by atoms with Gasteiger partial charge in [-0.05, 0) is 36.6 Å². The quantitative estimate of drug-likeness (QED) is 0.603. The number of ether oxygens (including phenoxy) is 1. The molecule has 1 aromatic heterocycles. The van der Waals surface area contributed by atoms with Crippen LogP contribution in [0.2, 0.25) is 0 Å². The van der Waals surface area contributed by atoms with E-state index in [4.69, 9.17) is 4.74 Å². The average Bonchev–Trinajstić information content (AvgIpc) is 3.06. The molecule has 0 fully saturated rings. The summed E-state index contributed by atoms with van der Waals surface area (Å²) in [6.45, 7) is 3.02. The van der Waals surface area contributed by atoms with Gasteiger partial charge in [-0.25, -0.2) is 4.79 Å². The highest BCUT2D eigenvalue weighted by Crippen LogP contribution is 2.40. The zero-order chi connectivity index (χ0) is 19.8. The summed E-state index contributed by atoms with van der Waals surface area (Å²) in [7, 11) is 0. The minimum Gasteiger partial charge on any atom is -0.450 e. The molecule has 10 heteroatoms. The molecule has 2 N–H and O–H groups in total. The van der Waals surface area contributed by atoms with Crippen molar-refractivity contribution < 1.29 is 19.2 Å². The minimum atomic E-state index is -0.470. The van der Waals surface area contributed by atoms with Crippen LogP contribution in [0, 0.1) is 10.1 Å². The van der Waals surface area contributed by atoms with Crippen molar-refractivity contribution in [2.75, 3.05) is 18.5 Å². The van der Waals surface area contributed by atoms with Crippen LogP contribution in [0.25, 0.3) is 0 Å². The van der Waals surface area contributed by atoms with E-state index in [9.17, 15) is 19.7 Å². The minimum absolute atomic E-state index is 0.00257. The highest BCUT2D eigenvalue weighted by atomic mass is 32.1. The van der Waals surface area contributed by atoms with Gasteiger partial charge in [0.2, 0.25) is 0 Å². The first kappa shape index (κ1) is 18.2. The topological polar surface area (TPSA) is 114 Å². The number of non-ortho nitro benzene ring substituents is 1. The van der Waals surface area contributed by atoms with E-state index in [0.29, 0.717) is 31.7 Å². The van der Waals surface area contributed by atoms with Gasteiger partial charge in [-0.1, -0.05) is 0 Å². The third-order valence-corrected chi connectivity index (χ3v) is 5.95. The summed E-state index contributed by atoms with van der Waals surface area (Å²) < 4.78 is 5.07. The molecule has 4 rings (SSSR count). The largest absolute Gasteiger partial charge is 0.450 e. The standard InChI is InChI=1S/C18H18N4O5S/c1-2-27-18(24)21-8-7-12-13(9-21)28-17-14(12)16(23)19-15(20-17)10-3-5-11(6-4-10)22(25)26/h3-6,15,20H,2,7-9H2,1H3,(H,19,23). The predicted octanol–water partition coefficient (Wildman–Crippen LogP) is 3.03. The summed E-state index contributed by atoms with van der Waals surface area (Å²) in [4.78, 5) is 37.7. The Balaban J connectivity index is 1.57. The van der Waals surface area contributed by atoms with Gasteiger partial charge in [0, 0.05) is 23.6 Å². The van der Waals surface area contributed by atoms with Gasteiger partial charge >= 0.3 is 6.09 Å². The third-order valence-electron chi connectivity index (χ3n) is 4.80. The van der Waals surface area contributed by atoms with E-state index in [2.05, 4.69) is 10.6 Å². The molecule has 1 atom stereocenters. The molecule has 0 spiro atoms. The zero-order valence-corrected chi connectivity index (χ0v) is 15.9. The summed E-state index contributed by atoms with van der Waals surface area (Å²) in [5, 5.41) is 17.8. The first-order valence-corrected chi connectivity index (χ1v) is 9.67. The van der Waals surface area contributed by atoms with E-state index in [1.807, 2.05) is 0 Å². The Morgan fingerprint density at radius 1 is 1.36 bits per heavy atom. The van der Waals surface area contributed by atoms with Crippen LogP contribution in [-0.2, 0) is 17.7 Å². The number of nitro benzene ring substituents is 1. The van der Waals surface area contributed by atoms with Crippen molar-refractivity contribution in [2.45, 2.75) is 26.1 Å². The van der Waals surface area contributed by atoms with Crippen LogP contribution < -0.4 is 10.6 Å². The van der Waals surface area contributed by atoms with Crippen LogP contribution in [0.1, 0.15) is 39.5 Å². The summed E-state index contributed by atoms with van der Waals surface area (Å²) in [6.07, 6.45) is -0.222. The van der Waals surface area contributed by atoms with Gasteiger partial charge in [0.25, 0.3) is 11.6 Å². The van der Waals surface area contributed by atoms with E-state index in [-0.39, 0.29) is 17.7 Å². The molecule has 2 aliphatic rings. The number of thiophene rings is 1. The number of hydrogen-bond donors (Lipinski definition) is 2. The maximum absolute atomic E-state index is 12.7. The second kappa shape index (κ2) is 7.12. The fourth-order valence-corrected chi connectivity index (χ4v) is 4.73. The van der Waals surface area contributed by atoms with Crippen molar-refractivity contribution in [3.8, 4) is 0 Å².